The number of hydrogen-bond acceptors (Lipinski definition) is 6. The number of aromatic nitrogens is 2. The molecular weight excluding hydrogens is 338 g/mol. The maximum absolute atomic E-state index is 12.5. The minimum Gasteiger partial charge on any atom is -0.495 e. The van der Waals surface area contributed by atoms with Crippen LogP contribution in [0, 0.1) is 6.92 Å². The van der Waals surface area contributed by atoms with Crippen molar-refractivity contribution in [2.24, 2.45) is 0 Å². The summed E-state index contributed by atoms with van der Waals surface area (Å²) in [6.07, 6.45) is 0. The average molecular weight is 355 g/mol. The molecule has 0 fully saturated rings. The molecule has 1 amide bonds. The van der Waals surface area contributed by atoms with Crippen LogP contribution in [0.4, 0.5) is 5.69 Å². The van der Waals surface area contributed by atoms with Crippen LogP contribution in [-0.2, 0) is 6.61 Å². The summed E-state index contributed by atoms with van der Waals surface area (Å²) in [6.45, 7) is 2.21. The van der Waals surface area contributed by atoms with Gasteiger partial charge in [-0.05, 0) is 37.3 Å². The zero-order valence-electron chi connectivity index (χ0n) is 13.9. The SMILES string of the molecule is COc1ccccc1NC(=O)c1cccc(OCc2nsnc2C)c1. The van der Waals surface area contributed by atoms with Crippen LogP contribution in [-0.4, -0.2) is 21.8 Å². The highest BCUT2D eigenvalue weighted by molar-refractivity contribution is 6.99. The molecule has 0 spiro atoms. The molecule has 3 rings (SSSR count). The number of amides is 1. The Bertz CT molecular complexity index is 879. The maximum Gasteiger partial charge on any atom is 0.255 e. The minimum absolute atomic E-state index is 0.235. The fourth-order valence-corrected chi connectivity index (χ4v) is 2.75. The Labute approximate surface area is 149 Å². The number of nitrogens with zero attached hydrogens (tertiary/aromatic N) is 2. The molecule has 1 heterocycles. The van der Waals surface area contributed by atoms with Crippen LogP contribution in [0.15, 0.2) is 48.5 Å². The highest BCUT2D eigenvalue weighted by Crippen LogP contribution is 2.24. The molecule has 1 N–H and O–H groups in total. The van der Waals surface area contributed by atoms with Crippen molar-refractivity contribution in [3.05, 3.63) is 65.5 Å². The van der Waals surface area contributed by atoms with Crippen molar-refractivity contribution in [2.75, 3.05) is 12.4 Å². The fourth-order valence-electron chi connectivity index (χ4n) is 2.20. The predicted molar refractivity (Wildman–Crippen MR) is 96.4 cm³/mol. The average Bonchev–Trinajstić information content (AvgIpc) is 3.05. The Morgan fingerprint density at radius 3 is 2.76 bits per heavy atom. The quantitative estimate of drug-likeness (QED) is 0.730. The third-order valence-electron chi connectivity index (χ3n) is 3.57. The minimum atomic E-state index is -0.235. The van der Waals surface area contributed by atoms with Crippen molar-refractivity contribution >= 4 is 23.3 Å². The first-order valence-electron chi connectivity index (χ1n) is 7.62. The smallest absolute Gasteiger partial charge is 0.255 e. The van der Waals surface area contributed by atoms with Crippen molar-refractivity contribution in [3.63, 3.8) is 0 Å². The van der Waals surface area contributed by atoms with Gasteiger partial charge in [-0.15, -0.1) is 0 Å². The lowest BCUT2D eigenvalue weighted by atomic mass is 10.2. The van der Waals surface area contributed by atoms with Crippen molar-refractivity contribution in [1.29, 1.82) is 0 Å². The van der Waals surface area contributed by atoms with Gasteiger partial charge in [-0.25, -0.2) is 0 Å². The van der Waals surface area contributed by atoms with E-state index >= 15 is 0 Å². The maximum atomic E-state index is 12.5. The molecule has 7 heteroatoms. The molecule has 0 bridgehead atoms. The zero-order chi connectivity index (χ0) is 17.6. The first-order valence-corrected chi connectivity index (χ1v) is 8.35. The summed E-state index contributed by atoms with van der Waals surface area (Å²) in [6, 6.07) is 14.3. The Morgan fingerprint density at radius 1 is 1.16 bits per heavy atom. The molecule has 0 saturated heterocycles. The number of anilines is 1. The number of carbonyl (C=O) groups is 1. The van der Waals surface area contributed by atoms with E-state index in [-0.39, 0.29) is 5.91 Å². The molecule has 1 aromatic heterocycles. The van der Waals surface area contributed by atoms with E-state index < -0.39 is 0 Å². The van der Waals surface area contributed by atoms with E-state index in [1.165, 1.54) is 0 Å². The van der Waals surface area contributed by atoms with Crippen molar-refractivity contribution in [3.8, 4) is 11.5 Å². The molecule has 2 aromatic carbocycles. The molecule has 0 aliphatic heterocycles. The number of para-hydroxylation sites is 2. The van der Waals surface area contributed by atoms with Gasteiger partial charge in [0.15, 0.2) is 0 Å². The molecule has 0 saturated carbocycles. The number of aryl methyl sites for hydroxylation is 1. The second kappa shape index (κ2) is 7.76. The summed E-state index contributed by atoms with van der Waals surface area (Å²) in [4.78, 5) is 12.5. The lowest BCUT2D eigenvalue weighted by Gasteiger charge is -2.11. The van der Waals surface area contributed by atoms with Crippen LogP contribution < -0.4 is 14.8 Å². The van der Waals surface area contributed by atoms with Gasteiger partial charge in [-0.1, -0.05) is 18.2 Å². The van der Waals surface area contributed by atoms with E-state index in [2.05, 4.69) is 14.1 Å². The van der Waals surface area contributed by atoms with Gasteiger partial charge >= 0.3 is 0 Å². The molecule has 0 radical (unpaired) electrons. The number of ether oxygens (including phenoxy) is 2. The van der Waals surface area contributed by atoms with Crippen LogP contribution in [0.25, 0.3) is 0 Å². The van der Waals surface area contributed by atoms with Crippen molar-refractivity contribution in [1.82, 2.24) is 8.75 Å². The second-order valence-electron chi connectivity index (χ2n) is 5.27. The van der Waals surface area contributed by atoms with Gasteiger partial charge in [-0.3, -0.25) is 4.79 Å². The molecule has 25 heavy (non-hydrogen) atoms. The van der Waals surface area contributed by atoms with Gasteiger partial charge in [0.05, 0.1) is 30.2 Å². The number of carbonyl (C=O) groups excluding carboxylic acids is 1. The molecule has 6 nitrogen and oxygen atoms in total. The first kappa shape index (κ1) is 16.9. The lowest BCUT2D eigenvalue weighted by molar-refractivity contribution is 0.102. The molecule has 3 aromatic rings. The van der Waals surface area contributed by atoms with Crippen molar-refractivity contribution < 1.29 is 14.3 Å². The standard InChI is InChI=1S/C18H17N3O3S/c1-12-16(21-25-20-12)11-24-14-7-5-6-13(10-14)18(22)19-15-8-3-4-9-17(15)23-2/h3-10H,11H2,1-2H3,(H,19,22). The number of nitrogens with one attached hydrogen (secondary N) is 1. The predicted octanol–water partition coefficient (Wildman–Crippen LogP) is 3.69. The van der Waals surface area contributed by atoms with Crippen LogP contribution >= 0.6 is 11.7 Å². The van der Waals surface area contributed by atoms with E-state index in [9.17, 15) is 4.79 Å². The van der Waals surface area contributed by atoms with E-state index in [1.54, 1.807) is 43.5 Å². The first-order chi connectivity index (χ1) is 12.2. The van der Waals surface area contributed by atoms with Crippen LogP contribution in [0.1, 0.15) is 21.7 Å². The summed E-state index contributed by atoms with van der Waals surface area (Å²) >= 11 is 1.16. The molecule has 0 aliphatic carbocycles. The summed E-state index contributed by atoms with van der Waals surface area (Å²) in [5.74, 6) is 0.969. The molecule has 0 unspecified atom stereocenters. The van der Waals surface area contributed by atoms with Crippen LogP contribution in [0.5, 0.6) is 11.5 Å². The van der Waals surface area contributed by atoms with E-state index in [4.69, 9.17) is 9.47 Å². The summed E-state index contributed by atoms with van der Waals surface area (Å²) in [5.41, 5.74) is 2.77. The Morgan fingerprint density at radius 2 is 2.00 bits per heavy atom. The van der Waals surface area contributed by atoms with E-state index in [1.807, 2.05) is 19.1 Å². The zero-order valence-corrected chi connectivity index (χ0v) is 14.7. The normalized spacial score (nSPS) is 10.3. The Balaban J connectivity index is 1.70. The van der Waals surface area contributed by atoms with Crippen LogP contribution in [0.2, 0.25) is 0 Å². The number of hydrogen-bond donors (Lipinski definition) is 1. The molecular formula is C18H17N3O3S. The van der Waals surface area contributed by atoms with Gasteiger partial charge in [0.25, 0.3) is 5.91 Å². The topological polar surface area (TPSA) is 73.3 Å². The molecule has 128 valence electrons. The van der Waals surface area contributed by atoms with Crippen LogP contribution in [0.3, 0.4) is 0 Å². The third kappa shape index (κ3) is 4.13. The fraction of sp³-hybridized carbons (Fsp3) is 0.167. The van der Waals surface area contributed by atoms with Gasteiger partial charge in [0.1, 0.15) is 23.8 Å². The Kier molecular flexibility index (Phi) is 5.25. The van der Waals surface area contributed by atoms with Gasteiger partial charge in [0, 0.05) is 5.56 Å². The molecule has 0 aliphatic rings. The number of methoxy groups -OCH3 is 1. The highest BCUT2D eigenvalue weighted by atomic mass is 32.1. The summed E-state index contributed by atoms with van der Waals surface area (Å²) in [7, 11) is 1.56. The largest absolute Gasteiger partial charge is 0.495 e. The number of benzene rings is 2. The third-order valence-corrected chi connectivity index (χ3v) is 4.23. The van der Waals surface area contributed by atoms with Gasteiger partial charge in [0.2, 0.25) is 0 Å². The van der Waals surface area contributed by atoms with Gasteiger partial charge in [-0.2, -0.15) is 8.75 Å². The summed E-state index contributed by atoms with van der Waals surface area (Å²) < 4.78 is 19.3. The highest BCUT2D eigenvalue weighted by Gasteiger charge is 2.11. The lowest BCUT2D eigenvalue weighted by Crippen LogP contribution is -2.12. The summed E-state index contributed by atoms with van der Waals surface area (Å²) in [5, 5.41) is 2.84. The monoisotopic (exact) mass is 355 g/mol. The van der Waals surface area contributed by atoms with Gasteiger partial charge < -0.3 is 14.8 Å². The number of rotatable bonds is 6. The van der Waals surface area contributed by atoms with E-state index in [0.29, 0.717) is 29.4 Å². The molecule has 0 atom stereocenters. The van der Waals surface area contributed by atoms with E-state index in [0.717, 1.165) is 23.1 Å². The second-order valence-corrected chi connectivity index (χ2v) is 5.80. The Hall–Kier alpha value is -2.93. The van der Waals surface area contributed by atoms with Crippen molar-refractivity contribution in [2.45, 2.75) is 13.5 Å².